The molecule has 1 N–H and O–H groups in total. The summed E-state index contributed by atoms with van der Waals surface area (Å²) in [4.78, 5) is 0. The maximum absolute atomic E-state index is 9.18. The van der Waals surface area contributed by atoms with E-state index in [1.54, 1.807) is 27.2 Å². The van der Waals surface area contributed by atoms with E-state index in [-0.39, 0.29) is 6.10 Å². The highest BCUT2D eigenvalue weighted by Gasteiger charge is 2.11. The first-order valence-electron chi connectivity index (χ1n) is 5.62. The Balaban J connectivity index is 2.82. The van der Waals surface area contributed by atoms with E-state index in [2.05, 4.69) is 0 Å². The first kappa shape index (κ1) is 13.6. The molecule has 17 heavy (non-hydrogen) atoms. The first-order chi connectivity index (χ1) is 8.08. The molecule has 0 saturated heterocycles. The number of ether oxygens (including phenoxy) is 3. The van der Waals surface area contributed by atoms with E-state index in [0.29, 0.717) is 24.5 Å². The Morgan fingerprint density at radius 1 is 1.24 bits per heavy atom. The Bertz CT molecular complexity index is 361. The van der Waals surface area contributed by atoms with Crippen molar-refractivity contribution < 1.29 is 19.3 Å². The van der Waals surface area contributed by atoms with E-state index >= 15 is 0 Å². The Morgan fingerprint density at radius 2 is 1.94 bits per heavy atom. The largest absolute Gasteiger partial charge is 0.497 e. The van der Waals surface area contributed by atoms with Crippen LogP contribution in [0.15, 0.2) is 12.1 Å². The standard InChI is InChI=1S/C13H20O4/c1-9-7-11(15-3)8-12(16-4)13(9)17-6-5-10(2)14/h7-8,10,14H,5-6H2,1-4H3. The van der Waals surface area contributed by atoms with Crippen molar-refractivity contribution in [1.29, 1.82) is 0 Å². The Kier molecular flexibility index (Phi) is 5.10. The van der Waals surface area contributed by atoms with Crippen LogP contribution < -0.4 is 14.2 Å². The van der Waals surface area contributed by atoms with Gasteiger partial charge in [0.25, 0.3) is 0 Å². The molecule has 1 atom stereocenters. The van der Waals surface area contributed by atoms with Gasteiger partial charge >= 0.3 is 0 Å². The number of benzene rings is 1. The molecule has 4 nitrogen and oxygen atoms in total. The van der Waals surface area contributed by atoms with E-state index in [0.717, 1.165) is 11.3 Å². The summed E-state index contributed by atoms with van der Waals surface area (Å²) in [5.41, 5.74) is 0.951. The zero-order valence-electron chi connectivity index (χ0n) is 10.8. The van der Waals surface area contributed by atoms with Crippen LogP contribution in [-0.4, -0.2) is 32.0 Å². The monoisotopic (exact) mass is 240 g/mol. The minimum atomic E-state index is -0.362. The van der Waals surface area contributed by atoms with Gasteiger partial charge in [-0.2, -0.15) is 0 Å². The Hall–Kier alpha value is -1.42. The molecular formula is C13H20O4. The zero-order chi connectivity index (χ0) is 12.8. The molecule has 96 valence electrons. The van der Waals surface area contributed by atoms with Crippen molar-refractivity contribution in [2.45, 2.75) is 26.4 Å². The molecule has 0 radical (unpaired) electrons. The fraction of sp³-hybridized carbons (Fsp3) is 0.538. The normalized spacial score (nSPS) is 12.1. The maximum atomic E-state index is 9.18. The van der Waals surface area contributed by atoms with Gasteiger partial charge in [-0.3, -0.25) is 0 Å². The number of aryl methyl sites for hydroxylation is 1. The first-order valence-corrected chi connectivity index (χ1v) is 5.62. The molecule has 0 aromatic heterocycles. The molecule has 1 aromatic rings. The van der Waals surface area contributed by atoms with Crippen LogP contribution in [0.4, 0.5) is 0 Å². The van der Waals surface area contributed by atoms with Crippen molar-refractivity contribution in [3.05, 3.63) is 17.7 Å². The molecule has 0 saturated carbocycles. The SMILES string of the molecule is COc1cc(C)c(OCCC(C)O)c(OC)c1. The van der Waals surface area contributed by atoms with Crippen molar-refractivity contribution in [2.75, 3.05) is 20.8 Å². The highest BCUT2D eigenvalue weighted by Crippen LogP contribution is 2.35. The molecule has 4 heteroatoms. The molecule has 0 heterocycles. The predicted octanol–water partition coefficient (Wildman–Crippen LogP) is 2.16. The average molecular weight is 240 g/mol. The molecule has 1 unspecified atom stereocenters. The number of methoxy groups -OCH3 is 2. The van der Waals surface area contributed by atoms with Gasteiger partial charge < -0.3 is 19.3 Å². The third-order valence-corrected chi connectivity index (χ3v) is 2.45. The van der Waals surface area contributed by atoms with Crippen LogP contribution >= 0.6 is 0 Å². The second-order valence-electron chi connectivity index (χ2n) is 3.96. The lowest BCUT2D eigenvalue weighted by Crippen LogP contribution is -2.08. The molecule has 1 aromatic carbocycles. The average Bonchev–Trinajstić information content (AvgIpc) is 2.30. The third-order valence-electron chi connectivity index (χ3n) is 2.45. The quantitative estimate of drug-likeness (QED) is 0.827. The summed E-state index contributed by atoms with van der Waals surface area (Å²) in [6.07, 6.45) is 0.230. The zero-order valence-corrected chi connectivity index (χ0v) is 10.8. The summed E-state index contributed by atoms with van der Waals surface area (Å²) >= 11 is 0. The summed E-state index contributed by atoms with van der Waals surface area (Å²) in [5.74, 6) is 2.09. The number of hydrogen-bond donors (Lipinski definition) is 1. The third kappa shape index (κ3) is 3.82. The van der Waals surface area contributed by atoms with Gasteiger partial charge in [0.15, 0.2) is 11.5 Å². The van der Waals surface area contributed by atoms with Crippen molar-refractivity contribution >= 4 is 0 Å². The summed E-state index contributed by atoms with van der Waals surface area (Å²) < 4.78 is 16.0. The van der Waals surface area contributed by atoms with E-state index in [1.807, 2.05) is 13.0 Å². The number of aliphatic hydroxyl groups is 1. The van der Waals surface area contributed by atoms with Gasteiger partial charge in [0, 0.05) is 12.5 Å². The van der Waals surface area contributed by atoms with Crippen molar-refractivity contribution in [3.8, 4) is 17.2 Å². The van der Waals surface area contributed by atoms with Crippen LogP contribution in [-0.2, 0) is 0 Å². The van der Waals surface area contributed by atoms with E-state index < -0.39 is 0 Å². The lowest BCUT2D eigenvalue weighted by Gasteiger charge is -2.15. The minimum Gasteiger partial charge on any atom is -0.497 e. The maximum Gasteiger partial charge on any atom is 0.164 e. The smallest absolute Gasteiger partial charge is 0.164 e. The summed E-state index contributed by atoms with van der Waals surface area (Å²) in [5, 5.41) is 9.18. The van der Waals surface area contributed by atoms with Crippen molar-refractivity contribution in [3.63, 3.8) is 0 Å². The van der Waals surface area contributed by atoms with Crippen molar-refractivity contribution in [2.24, 2.45) is 0 Å². The fourth-order valence-corrected chi connectivity index (χ4v) is 1.50. The molecular weight excluding hydrogens is 220 g/mol. The van der Waals surface area contributed by atoms with Gasteiger partial charge in [0.05, 0.1) is 26.9 Å². The topological polar surface area (TPSA) is 47.9 Å². The van der Waals surface area contributed by atoms with Crippen LogP contribution in [0.3, 0.4) is 0 Å². The Morgan fingerprint density at radius 3 is 2.47 bits per heavy atom. The highest BCUT2D eigenvalue weighted by atomic mass is 16.5. The molecule has 0 amide bonds. The second-order valence-corrected chi connectivity index (χ2v) is 3.96. The summed E-state index contributed by atoms with van der Waals surface area (Å²) in [6.45, 7) is 4.13. The van der Waals surface area contributed by atoms with E-state index in [1.165, 1.54) is 0 Å². The van der Waals surface area contributed by atoms with Gasteiger partial charge in [-0.05, 0) is 25.5 Å². The van der Waals surface area contributed by atoms with E-state index in [4.69, 9.17) is 14.2 Å². The van der Waals surface area contributed by atoms with Gasteiger partial charge in [0.2, 0.25) is 0 Å². The Labute approximate surface area is 102 Å². The van der Waals surface area contributed by atoms with Gasteiger partial charge in [-0.15, -0.1) is 0 Å². The van der Waals surface area contributed by atoms with E-state index in [9.17, 15) is 5.11 Å². The molecule has 0 aliphatic carbocycles. The lowest BCUT2D eigenvalue weighted by atomic mass is 10.2. The summed E-state index contributed by atoms with van der Waals surface area (Å²) in [6, 6.07) is 3.67. The number of aliphatic hydroxyl groups excluding tert-OH is 1. The molecule has 0 fully saturated rings. The van der Waals surface area contributed by atoms with Gasteiger partial charge in [-0.25, -0.2) is 0 Å². The van der Waals surface area contributed by atoms with Crippen LogP contribution in [0.2, 0.25) is 0 Å². The summed E-state index contributed by atoms with van der Waals surface area (Å²) in [7, 11) is 3.21. The van der Waals surface area contributed by atoms with Crippen LogP contribution in [0.5, 0.6) is 17.2 Å². The molecule has 0 spiro atoms. The van der Waals surface area contributed by atoms with Gasteiger partial charge in [-0.1, -0.05) is 0 Å². The fourth-order valence-electron chi connectivity index (χ4n) is 1.50. The van der Waals surface area contributed by atoms with Crippen LogP contribution in [0.25, 0.3) is 0 Å². The lowest BCUT2D eigenvalue weighted by molar-refractivity contribution is 0.153. The number of rotatable bonds is 6. The van der Waals surface area contributed by atoms with Crippen LogP contribution in [0.1, 0.15) is 18.9 Å². The van der Waals surface area contributed by atoms with Crippen LogP contribution in [0, 0.1) is 6.92 Å². The van der Waals surface area contributed by atoms with Crippen molar-refractivity contribution in [1.82, 2.24) is 0 Å². The molecule has 1 rings (SSSR count). The second kappa shape index (κ2) is 6.35. The van der Waals surface area contributed by atoms with Gasteiger partial charge in [0.1, 0.15) is 5.75 Å². The molecule has 0 bridgehead atoms. The highest BCUT2D eigenvalue weighted by molar-refractivity contribution is 5.51. The number of hydrogen-bond acceptors (Lipinski definition) is 4. The molecule has 0 aliphatic heterocycles. The predicted molar refractivity (Wildman–Crippen MR) is 66.1 cm³/mol. The molecule has 0 aliphatic rings. The minimum absolute atomic E-state index is 0.362.